The topological polar surface area (TPSA) is 101 Å². The van der Waals surface area contributed by atoms with Crippen molar-refractivity contribution in [3.63, 3.8) is 0 Å². The fourth-order valence-electron chi connectivity index (χ4n) is 3.99. The van der Waals surface area contributed by atoms with Gasteiger partial charge in [-0.2, -0.15) is 4.31 Å². The summed E-state index contributed by atoms with van der Waals surface area (Å²) in [4.78, 5) is 25.3. The zero-order valence-electron chi connectivity index (χ0n) is 16.7. The SMILES string of the molecule is CC1CCN(S(=O)(=O)c2ccc(C(=O)N3CCc4ccc([N+](=O)[O-])cc43)cc2)CC1. The van der Waals surface area contributed by atoms with Crippen LogP contribution in [0.25, 0.3) is 0 Å². The molecule has 0 saturated carbocycles. The molecule has 8 nitrogen and oxygen atoms in total. The predicted molar refractivity (Wildman–Crippen MR) is 112 cm³/mol. The monoisotopic (exact) mass is 429 g/mol. The number of hydrogen-bond donors (Lipinski definition) is 0. The molecule has 0 aromatic heterocycles. The summed E-state index contributed by atoms with van der Waals surface area (Å²) in [5.41, 5.74) is 1.70. The van der Waals surface area contributed by atoms with E-state index in [9.17, 15) is 23.3 Å². The molecule has 2 aliphatic rings. The van der Waals surface area contributed by atoms with Crippen LogP contribution in [0.1, 0.15) is 35.7 Å². The van der Waals surface area contributed by atoms with Crippen molar-refractivity contribution in [2.24, 2.45) is 5.92 Å². The highest BCUT2D eigenvalue weighted by molar-refractivity contribution is 7.89. The van der Waals surface area contributed by atoms with Gasteiger partial charge < -0.3 is 4.90 Å². The van der Waals surface area contributed by atoms with Crippen molar-refractivity contribution in [1.82, 2.24) is 4.31 Å². The van der Waals surface area contributed by atoms with Gasteiger partial charge in [-0.1, -0.05) is 13.0 Å². The van der Waals surface area contributed by atoms with Gasteiger partial charge in [0.25, 0.3) is 11.6 Å². The van der Waals surface area contributed by atoms with Gasteiger partial charge in [-0.05, 0) is 55.0 Å². The Hall–Kier alpha value is -2.78. The standard InChI is InChI=1S/C21H23N3O5S/c1-15-8-11-22(12-9-15)30(28,29)19-6-3-17(4-7-19)21(25)23-13-10-16-2-5-18(24(26)27)14-20(16)23/h2-7,14-15H,8-13H2,1H3. The number of benzene rings is 2. The lowest BCUT2D eigenvalue weighted by Gasteiger charge is -2.29. The highest BCUT2D eigenvalue weighted by Gasteiger charge is 2.30. The number of sulfonamides is 1. The summed E-state index contributed by atoms with van der Waals surface area (Å²) in [6.07, 6.45) is 2.31. The lowest BCUT2D eigenvalue weighted by Crippen LogP contribution is -2.37. The van der Waals surface area contributed by atoms with Gasteiger partial charge >= 0.3 is 0 Å². The third kappa shape index (κ3) is 3.70. The van der Waals surface area contributed by atoms with Gasteiger partial charge in [0, 0.05) is 37.3 Å². The van der Waals surface area contributed by atoms with Crippen LogP contribution < -0.4 is 4.90 Å². The lowest BCUT2D eigenvalue weighted by atomic mass is 10.0. The Balaban J connectivity index is 1.55. The number of rotatable bonds is 4. The van der Waals surface area contributed by atoms with E-state index < -0.39 is 14.9 Å². The molecule has 4 rings (SSSR count). The van der Waals surface area contributed by atoms with Crippen LogP contribution in [-0.4, -0.2) is 43.2 Å². The molecule has 0 unspecified atom stereocenters. The first kappa shape index (κ1) is 20.5. The van der Waals surface area contributed by atoms with Crippen molar-refractivity contribution in [3.05, 3.63) is 63.7 Å². The fourth-order valence-corrected chi connectivity index (χ4v) is 5.46. The Morgan fingerprint density at radius 1 is 1.07 bits per heavy atom. The maximum Gasteiger partial charge on any atom is 0.271 e. The molecular weight excluding hydrogens is 406 g/mol. The second kappa shape index (κ2) is 7.81. The molecule has 0 N–H and O–H groups in total. The Bertz CT molecular complexity index is 1090. The molecule has 0 aliphatic carbocycles. The molecule has 0 spiro atoms. The molecular formula is C21H23N3O5S. The molecule has 2 aromatic carbocycles. The molecule has 0 atom stereocenters. The van der Waals surface area contributed by atoms with Crippen molar-refractivity contribution in [2.75, 3.05) is 24.5 Å². The van der Waals surface area contributed by atoms with Crippen LogP contribution in [0, 0.1) is 16.0 Å². The van der Waals surface area contributed by atoms with E-state index in [2.05, 4.69) is 6.92 Å². The van der Waals surface area contributed by atoms with Gasteiger partial charge in [0.15, 0.2) is 0 Å². The Morgan fingerprint density at radius 2 is 1.73 bits per heavy atom. The third-order valence-corrected chi connectivity index (χ3v) is 7.81. The Morgan fingerprint density at radius 3 is 2.37 bits per heavy atom. The van der Waals surface area contributed by atoms with E-state index in [0.717, 1.165) is 18.4 Å². The molecule has 2 aliphatic heterocycles. The van der Waals surface area contributed by atoms with Crippen LogP contribution in [0.2, 0.25) is 0 Å². The average Bonchev–Trinajstić information content (AvgIpc) is 3.17. The van der Waals surface area contributed by atoms with E-state index in [1.54, 1.807) is 6.07 Å². The minimum atomic E-state index is -3.58. The summed E-state index contributed by atoms with van der Waals surface area (Å²) in [6, 6.07) is 10.5. The first-order valence-electron chi connectivity index (χ1n) is 9.97. The van der Waals surface area contributed by atoms with Gasteiger partial charge in [0.2, 0.25) is 10.0 Å². The number of amides is 1. The van der Waals surface area contributed by atoms with Crippen molar-refractivity contribution >= 4 is 27.3 Å². The van der Waals surface area contributed by atoms with Crippen LogP contribution >= 0.6 is 0 Å². The number of nitro benzene ring substituents is 1. The fraction of sp³-hybridized carbons (Fsp3) is 0.381. The summed E-state index contributed by atoms with van der Waals surface area (Å²) in [6.45, 7) is 3.57. The molecule has 9 heteroatoms. The normalized spacial score (nSPS) is 17.7. The predicted octanol–water partition coefficient (Wildman–Crippen LogP) is 3.22. The first-order valence-corrected chi connectivity index (χ1v) is 11.4. The van der Waals surface area contributed by atoms with Crippen LogP contribution in [0.4, 0.5) is 11.4 Å². The van der Waals surface area contributed by atoms with Crippen LogP contribution in [-0.2, 0) is 16.4 Å². The summed E-state index contributed by atoms with van der Waals surface area (Å²) >= 11 is 0. The molecule has 30 heavy (non-hydrogen) atoms. The minimum Gasteiger partial charge on any atom is -0.308 e. The van der Waals surface area contributed by atoms with Crippen LogP contribution in [0.3, 0.4) is 0 Å². The summed E-state index contributed by atoms with van der Waals surface area (Å²) < 4.78 is 27.2. The van der Waals surface area contributed by atoms with E-state index in [1.807, 2.05) is 0 Å². The number of nitro groups is 1. The minimum absolute atomic E-state index is 0.0641. The van der Waals surface area contributed by atoms with E-state index in [1.165, 1.54) is 45.6 Å². The van der Waals surface area contributed by atoms with Crippen molar-refractivity contribution in [1.29, 1.82) is 0 Å². The summed E-state index contributed by atoms with van der Waals surface area (Å²) in [5.74, 6) is 0.223. The number of carbonyl (C=O) groups excluding carboxylic acids is 1. The van der Waals surface area contributed by atoms with E-state index in [4.69, 9.17) is 0 Å². The lowest BCUT2D eigenvalue weighted by molar-refractivity contribution is -0.384. The van der Waals surface area contributed by atoms with Gasteiger partial charge in [-0.3, -0.25) is 14.9 Å². The molecule has 2 aromatic rings. The van der Waals surface area contributed by atoms with Crippen molar-refractivity contribution in [2.45, 2.75) is 31.1 Å². The maximum absolute atomic E-state index is 13.0. The van der Waals surface area contributed by atoms with Gasteiger partial charge in [0.05, 0.1) is 15.5 Å². The molecule has 0 bridgehead atoms. The number of nitrogens with zero attached hydrogens (tertiary/aromatic N) is 3. The van der Waals surface area contributed by atoms with Gasteiger partial charge in [-0.25, -0.2) is 8.42 Å². The van der Waals surface area contributed by atoms with E-state index in [0.29, 0.717) is 43.2 Å². The number of non-ortho nitro benzene ring substituents is 1. The Kier molecular flexibility index (Phi) is 5.33. The summed E-state index contributed by atoms with van der Waals surface area (Å²) in [7, 11) is -3.58. The second-order valence-electron chi connectivity index (χ2n) is 7.89. The highest BCUT2D eigenvalue weighted by Crippen LogP contribution is 2.33. The zero-order valence-corrected chi connectivity index (χ0v) is 17.5. The van der Waals surface area contributed by atoms with Crippen molar-refractivity contribution in [3.8, 4) is 0 Å². The number of anilines is 1. The zero-order chi connectivity index (χ0) is 21.5. The number of fused-ring (bicyclic) bond motifs is 1. The number of carbonyl (C=O) groups is 1. The number of piperidine rings is 1. The van der Waals surface area contributed by atoms with Gasteiger partial charge in [0.1, 0.15) is 0 Å². The van der Waals surface area contributed by atoms with Crippen LogP contribution in [0.15, 0.2) is 47.4 Å². The second-order valence-corrected chi connectivity index (χ2v) is 9.83. The molecule has 1 amide bonds. The van der Waals surface area contributed by atoms with Crippen LogP contribution in [0.5, 0.6) is 0 Å². The van der Waals surface area contributed by atoms with Crippen molar-refractivity contribution < 1.29 is 18.1 Å². The summed E-state index contributed by atoms with van der Waals surface area (Å²) in [5, 5.41) is 11.1. The molecule has 0 radical (unpaired) electrons. The molecule has 1 saturated heterocycles. The first-order chi connectivity index (χ1) is 14.3. The number of hydrogen-bond acceptors (Lipinski definition) is 5. The maximum atomic E-state index is 13.0. The molecule has 158 valence electrons. The highest BCUT2D eigenvalue weighted by atomic mass is 32.2. The average molecular weight is 429 g/mol. The van der Waals surface area contributed by atoms with E-state index in [-0.39, 0.29) is 16.5 Å². The Labute approximate surface area is 175 Å². The van der Waals surface area contributed by atoms with Gasteiger partial charge in [-0.15, -0.1) is 0 Å². The largest absolute Gasteiger partial charge is 0.308 e. The van der Waals surface area contributed by atoms with E-state index >= 15 is 0 Å². The third-order valence-electron chi connectivity index (χ3n) is 5.90. The molecule has 2 heterocycles. The molecule has 1 fully saturated rings. The smallest absolute Gasteiger partial charge is 0.271 e. The quantitative estimate of drug-likeness (QED) is 0.549.